The second-order valence-corrected chi connectivity index (χ2v) is 12.0. The quantitative estimate of drug-likeness (QED) is 0.298. The highest BCUT2D eigenvalue weighted by Crippen LogP contribution is 2.41. The van der Waals surface area contributed by atoms with Crippen molar-refractivity contribution in [2.75, 3.05) is 17.7 Å². The Hall–Kier alpha value is -4.28. The number of hydrogen-bond donors (Lipinski definition) is 3. The molecule has 2 atom stereocenters. The maximum absolute atomic E-state index is 13.8. The summed E-state index contributed by atoms with van der Waals surface area (Å²) in [6, 6.07) is 9.21. The number of aromatic nitrogens is 5. The van der Waals surface area contributed by atoms with Crippen molar-refractivity contribution in [2.24, 2.45) is 0 Å². The van der Waals surface area contributed by atoms with Gasteiger partial charge in [-0.15, -0.1) is 0 Å². The molecular weight excluding hydrogens is 523 g/mol. The molecule has 4 aromatic rings. The van der Waals surface area contributed by atoms with Crippen molar-refractivity contribution >= 4 is 28.8 Å². The highest BCUT2D eigenvalue weighted by molar-refractivity contribution is 5.89. The number of hydrogen-bond acceptors (Lipinski definition) is 6. The number of carbonyl (C=O) groups excluding carboxylic acids is 1. The van der Waals surface area contributed by atoms with Gasteiger partial charge in [-0.3, -0.25) is 14.7 Å². The molecule has 3 aromatic heterocycles. The van der Waals surface area contributed by atoms with Crippen LogP contribution in [-0.2, 0) is 5.41 Å². The first-order valence-electron chi connectivity index (χ1n) is 14.2. The second kappa shape index (κ2) is 10.3. The molecule has 214 valence electrons. The molecular formula is C30H35FN8O2. The van der Waals surface area contributed by atoms with Crippen molar-refractivity contribution in [3.8, 4) is 5.69 Å². The van der Waals surface area contributed by atoms with Gasteiger partial charge in [0.15, 0.2) is 0 Å². The van der Waals surface area contributed by atoms with Crippen molar-refractivity contribution in [1.29, 1.82) is 0 Å². The summed E-state index contributed by atoms with van der Waals surface area (Å²) in [5.74, 6) is 0.511. The molecule has 10 nitrogen and oxygen atoms in total. The lowest BCUT2D eigenvalue weighted by atomic mass is 9.92. The standard InChI is InChI=1S/C30H35FN8O2/c1-30(2,3)24-15-25(39(37-24)20-11-9-18(31)10-12-20)35-29(41)34-23-14-21(23)22-13-17-16-33-28(32-4)36-26(17)38(27(22)40)19-7-5-6-8-19/h9-13,15-16,19,21,23H,5-8,14H2,1-4H3,(H,32,33,36)(H2,34,35,41). The summed E-state index contributed by atoms with van der Waals surface area (Å²) in [7, 11) is 1.76. The summed E-state index contributed by atoms with van der Waals surface area (Å²) in [5, 5.41) is 14.4. The van der Waals surface area contributed by atoms with Gasteiger partial charge in [0.25, 0.3) is 5.56 Å². The maximum Gasteiger partial charge on any atom is 0.320 e. The number of nitrogens with one attached hydrogen (secondary N) is 3. The van der Waals surface area contributed by atoms with E-state index in [9.17, 15) is 14.0 Å². The number of carbonyl (C=O) groups is 1. The van der Waals surface area contributed by atoms with Crippen LogP contribution in [0.1, 0.15) is 76.1 Å². The molecule has 1 aromatic carbocycles. The second-order valence-electron chi connectivity index (χ2n) is 12.0. The van der Waals surface area contributed by atoms with Gasteiger partial charge in [-0.1, -0.05) is 33.6 Å². The first-order valence-corrected chi connectivity index (χ1v) is 14.2. The number of amides is 2. The Bertz CT molecular complexity index is 1670. The summed E-state index contributed by atoms with van der Waals surface area (Å²) in [4.78, 5) is 35.9. The van der Waals surface area contributed by atoms with Crippen LogP contribution in [0.2, 0.25) is 0 Å². The predicted octanol–water partition coefficient (Wildman–Crippen LogP) is 5.25. The Balaban J connectivity index is 1.24. The van der Waals surface area contributed by atoms with E-state index >= 15 is 0 Å². The van der Waals surface area contributed by atoms with Crippen LogP contribution >= 0.6 is 0 Å². The van der Waals surface area contributed by atoms with Gasteiger partial charge >= 0.3 is 6.03 Å². The largest absolute Gasteiger partial charge is 0.357 e. The van der Waals surface area contributed by atoms with E-state index in [0.717, 1.165) is 36.8 Å². The summed E-state index contributed by atoms with van der Waals surface area (Å²) < 4.78 is 17.0. The molecule has 6 rings (SSSR count). The molecule has 2 aliphatic rings. The molecule has 0 radical (unpaired) electrons. The summed E-state index contributed by atoms with van der Waals surface area (Å²) in [6.07, 6.45) is 6.50. The summed E-state index contributed by atoms with van der Waals surface area (Å²) >= 11 is 0. The minimum absolute atomic E-state index is 0.0379. The third-order valence-electron chi connectivity index (χ3n) is 8.01. The fraction of sp³-hybridized carbons (Fsp3) is 0.433. The van der Waals surface area contributed by atoms with Gasteiger partial charge < -0.3 is 10.6 Å². The van der Waals surface area contributed by atoms with Crippen LogP contribution < -0.4 is 21.5 Å². The van der Waals surface area contributed by atoms with Crippen LogP contribution in [0.5, 0.6) is 0 Å². The Kier molecular flexibility index (Phi) is 6.75. The lowest BCUT2D eigenvalue weighted by Gasteiger charge is -2.18. The number of fused-ring (bicyclic) bond motifs is 1. The smallest absolute Gasteiger partial charge is 0.320 e. The monoisotopic (exact) mass is 558 g/mol. The highest BCUT2D eigenvalue weighted by atomic mass is 19.1. The third-order valence-corrected chi connectivity index (χ3v) is 8.01. The number of nitrogens with zero attached hydrogens (tertiary/aromatic N) is 5. The van der Waals surface area contributed by atoms with Gasteiger partial charge in [-0.2, -0.15) is 10.1 Å². The molecule has 11 heteroatoms. The molecule has 3 N–H and O–H groups in total. The Morgan fingerprint density at radius 3 is 2.51 bits per heavy atom. The van der Waals surface area contributed by atoms with Gasteiger partial charge in [0, 0.05) is 53.7 Å². The van der Waals surface area contributed by atoms with Gasteiger partial charge in [-0.25, -0.2) is 18.9 Å². The van der Waals surface area contributed by atoms with E-state index in [1.807, 2.05) is 37.5 Å². The van der Waals surface area contributed by atoms with Crippen molar-refractivity contribution in [2.45, 2.75) is 76.3 Å². The van der Waals surface area contributed by atoms with E-state index in [1.165, 1.54) is 12.1 Å². The molecule has 2 amide bonds. The van der Waals surface area contributed by atoms with Crippen LogP contribution in [0.25, 0.3) is 16.7 Å². The topological polar surface area (TPSA) is 119 Å². The summed E-state index contributed by atoms with van der Waals surface area (Å²) in [6.45, 7) is 6.11. The predicted molar refractivity (Wildman–Crippen MR) is 156 cm³/mol. The maximum atomic E-state index is 13.8. The van der Waals surface area contributed by atoms with Crippen molar-refractivity contribution < 1.29 is 9.18 Å². The molecule has 0 spiro atoms. The molecule has 3 heterocycles. The van der Waals surface area contributed by atoms with Gasteiger partial charge in [-0.05, 0) is 49.6 Å². The molecule has 0 aliphatic heterocycles. The number of rotatable bonds is 6. The normalized spacial score (nSPS) is 19.0. The first-order chi connectivity index (χ1) is 19.6. The van der Waals surface area contributed by atoms with Crippen LogP contribution in [0, 0.1) is 5.82 Å². The number of urea groups is 1. The molecule has 2 saturated carbocycles. The Morgan fingerprint density at radius 2 is 1.83 bits per heavy atom. The lowest BCUT2D eigenvalue weighted by Crippen LogP contribution is -2.33. The zero-order chi connectivity index (χ0) is 28.9. The van der Waals surface area contributed by atoms with E-state index in [2.05, 4.69) is 31.0 Å². The zero-order valence-electron chi connectivity index (χ0n) is 23.7. The average Bonchev–Trinajstić information content (AvgIpc) is 3.28. The van der Waals surface area contributed by atoms with Crippen molar-refractivity contribution in [3.05, 3.63) is 70.0 Å². The highest BCUT2D eigenvalue weighted by Gasteiger charge is 2.42. The van der Waals surface area contributed by atoms with E-state index in [-0.39, 0.29) is 40.8 Å². The molecule has 0 saturated heterocycles. The van der Waals surface area contributed by atoms with Gasteiger partial charge in [0.1, 0.15) is 17.3 Å². The molecule has 2 unspecified atom stereocenters. The van der Waals surface area contributed by atoms with Crippen molar-refractivity contribution in [3.63, 3.8) is 0 Å². The third kappa shape index (κ3) is 5.28. The van der Waals surface area contributed by atoms with E-state index in [0.29, 0.717) is 35.1 Å². The minimum Gasteiger partial charge on any atom is -0.357 e. The Morgan fingerprint density at radius 1 is 1.10 bits per heavy atom. The molecule has 2 aliphatic carbocycles. The minimum atomic E-state index is -0.389. The van der Waals surface area contributed by atoms with Crippen LogP contribution in [0.15, 0.2) is 47.4 Å². The fourth-order valence-corrected chi connectivity index (χ4v) is 5.66. The lowest BCUT2D eigenvalue weighted by molar-refractivity contribution is 0.251. The number of pyridine rings is 1. The molecule has 41 heavy (non-hydrogen) atoms. The SMILES string of the molecule is CNc1ncc2cc(C3CC3NC(=O)Nc3cc(C(C)(C)C)nn3-c3ccc(F)cc3)c(=O)n(C3CCCC3)c2n1. The van der Waals surface area contributed by atoms with Crippen molar-refractivity contribution in [1.82, 2.24) is 29.6 Å². The summed E-state index contributed by atoms with van der Waals surface area (Å²) in [5.41, 5.74) is 2.46. The Labute approximate surface area is 237 Å². The van der Waals surface area contributed by atoms with Gasteiger partial charge in [0.2, 0.25) is 5.95 Å². The number of benzene rings is 1. The average molecular weight is 559 g/mol. The van der Waals surface area contributed by atoms with E-state index < -0.39 is 0 Å². The van der Waals surface area contributed by atoms with E-state index in [1.54, 1.807) is 30.1 Å². The molecule has 2 fully saturated rings. The fourth-order valence-electron chi connectivity index (χ4n) is 5.66. The van der Waals surface area contributed by atoms with Crippen LogP contribution in [0.3, 0.4) is 0 Å². The first kappa shape index (κ1) is 26.9. The van der Waals surface area contributed by atoms with Crippen LogP contribution in [-0.4, -0.2) is 43.4 Å². The molecule has 0 bridgehead atoms. The van der Waals surface area contributed by atoms with E-state index in [4.69, 9.17) is 0 Å². The van der Waals surface area contributed by atoms with Gasteiger partial charge in [0.05, 0.1) is 11.4 Å². The number of halogens is 1. The van der Waals surface area contributed by atoms with Crippen LogP contribution in [0.4, 0.5) is 21.0 Å². The zero-order valence-corrected chi connectivity index (χ0v) is 23.7. The number of anilines is 2.